The van der Waals surface area contributed by atoms with Crippen molar-refractivity contribution in [3.8, 4) is 0 Å². The summed E-state index contributed by atoms with van der Waals surface area (Å²) in [5, 5.41) is 3.65. The molecule has 2 atom stereocenters. The van der Waals surface area contributed by atoms with Crippen molar-refractivity contribution in [3.05, 3.63) is 60.1 Å². The SMILES string of the molecule is CC(CNCC(c1ccco1)N1CCCC1)c1ccccc1. The van der Waals surface area contributed by atoms with Crippen molar-refractivity contribution in [1.29, 1.82) is 0 Å². The van der Waals surface area contributed by atoms with Crippen LogP contribution in [0.15, 0.2) is 53.1 Å². The molecule has 2 unspecified atom stereocenters. The summed E-state index contributed by atoms with van der Waals surface area (Å²) < 4.78 is 5.67. The summed E-state index contributed by atoms with van der Waals surface area (Å²) in [5.41, 5.74) is 1.39. The minimum absolute atomic E-state index is 0.362. The van der Waals surface area contributed by atoms with Crippen molar-refractivity contribution < 1.29 is 4.42 Å². The maximum absolute atomic E-state index is 5.67. The van der Waals surface area contributed by atoms with Gasteiger partial charge in [-0.1, -0.05) is 37.3 Å². The fourth-order valence-electron chi connectivity index (χ4n) is 3.28. The number of nitrogens with one attached hydrogen (secondary N) is 1. The molecule has 1 saturated heterocycles. The molecule has 3 heteroatoms. The zero-order chi connectivity index (χ0) is 15.2. The number of hydrogen-bond acceptors (Lipinski definition) is 3. The van der Waals surface area contributed by atoms with E-state index in [0.717, 1.165) is 18.8 Å². The highest BCUT2D eigenvalue weighted by molar-refractivity contribution is 5.19. The van der Waals surface area contributed by atoms with Crippen LogP contribution < -0.4 is 5.32 Å². The number of nitrogens with zero attached hydrogens (tertiary/aromatic N) is 1. The lowest BCUT2D eigenvalue weighted by Crippen LogP contribution is -2.35. The molecule has 1 fully saturated rings. The zero-order valence-corrected chi connectivity index (χ0v) is 13.4. The normalized spacial score (nSPS) is 18.4. The summed E-state index contributed by atoms with van der Waals surface area (Å²) in [5.74, 6) is 1.61. The van der Waals surface area contributed by atoms with Gasteiger partial charge in [-0.05, 0) is 49.5 Å². The molecular formula is C19H26N2O. The number of hydrogen-bond donors (Lipinski definition) is 1. The Bertz CT molecular complexity index is 532. The van der Waals surface area contributed by atoms with Crippen LogP contribution in [-0.2, 0) is 0 Å². The van der Waals surface area contributed by atoms with Gasteiger partial charge in [-0.25, -0.2) is 0 Å². The standard InChI is InChI=1S/C19H26N2O/c1-16(17-8-3-2-4-9-17)14-20-15-18(19-10-7-13-22-19)21-11-5-6-12-21/h2-4,7-10,13,16,18,20H,5-6,11-12,14-15H2,1H3. The van der Waals surface area contributed by atoms with Gasteiger partial charge in [-0.2, -0.15) is 0 Å². The molecule has 22 heavy (non-hydrogen) atoms. The zero-order valence-electron chi connectivity index (χ0n) is 13.4. The Morgan fingerprint density at radius 3 is 2.50 bits per heavy atom. The average molecular weight is 298 g/mol. The topological polar surface area (TPSA) is 28.4 Å². The third-order valence-corrected chi connectivity index (χ3v) is 4.61. The maximum Gasteiger partial charge on any atom is 0.122 e. The third-order valence-electron chi connectivity index (χ3n) is 4.61. The van der Waals surface area contributed by atoms with Gasteiger partial charge in [0.2, 0.25) is 0 Å². The molecule has 2 heterocycles. The third kappa shape index (κ3) is 3.79. The molecule has 0 aliphatic carbocycles. The van der Waals surface area contributed by atoms with Gasteiger partial charge in [-0.3, -0.25) is 4.90 Å². The lowest BCUT2D eigenvalue weighted by atomic mass is 10.0. The molecule has 3 nitrogen and oxygen atoms in total. The highest BCUT2D eigenvalue weighted by Gasteiger charge is 2.25. The highest BCUT2D eigenvalue weighted by atomic mass is 16.3. The monoisotopic (exact) mass is 298 g/mol. The maximum atomic E-state index is 5.67. The first-order valence-corrected chi connectivity index (χ1v) is 8.37. The van der Waals surface area contributed by atoms with Crippen molar-refractivity contribution in [2.24, 2.45) is 0 Å². The quantitative estimate of drug-likeness (QED) is 0.842. The van der Waals surface area contributed by atoms with Crippen LogP contribution in [0.25, 0.3) is 0 Å². The van der Waals surface area contributed by atoms with E-state index < -0.39 is 0 Å². The summed E-state index contributed by atoms with van der Waals surface area (Å²) in [6.07, 6.45) is 4.39. The second-order valence-electron chi connectivity index (χ2n) is 6.24. The van der Waals surface area contributed by atoms with E-state index in [1.165, 1.54) is 31.5 Å². The highest BCUT2D eigenvalue weighted by Crippen LogP contribution is 2.25. The lowest BCUT2D eigenvalue weighted by molar-refractivity contribution is 0.209. The molecule has 0 amide bonds. The van der Waals surface area contributed by atoms with Crippen LogP contribution in [0.4, 0.5) is 0 Å². The van der Waals surface area contributed by atoms with Crippen molar-refractivity contribution in [2.75, 3.05) is 26.2 Å². The molecule has 1 N–H and O–H groups in total. The van der Waals surface area contributed by atoms with E-state index in [2.05, 4.69) is 53.5 Å². The molecule has 0 spiro atoms. The van der Waals surface area contributed by atoms with E-state index in [4.69, 9.17) is 4.42 Å². The lowest BCUT2D eigenvalue weighted by Gasteiger charge is -2.26. The van der Waals surface area contributed by atoms with Crippen molar-refractivity contribution in [1.82, 2.24) is 10.2 Å². The second-order valence-corrected chi connectivity index (χ2v) is 6.24. The molecule has 1 aliphatic rings. The first-order chi connectivity index (χ1) is 10.8. The smallest absolute Gasteiger partial charge is 0.122 e. The molecule has 1 aliphatic heterocycles. The number of rotatable bonds is 7. The Labute approximate surface area is 133 Å². The van der Waals surface area contributed by atoms with Crippen molar-refractivity contribution in [2.45, 2.75) is 31.7 Å². The van der Waals surface area contributed by atoms with Crippen LogP contribution in [0.3, 0.4) is 0 Å². The minimum atomic E-state index is 0.362. The first-order valence-electron chi connectivity index (χ1n) is 8.37. The van der Waals surface area contributed by atoms with Crippen LogP contribution in [-0.4, -0.2) is 31.1 Å². The fraction of sp³-hybridized carbons (Fsp3) is 0.474. The van der Waals surface area contributed by atoms with E-state index in [-0.39, 0.29) is 0 Å². The number of furan rings is 1. The van der Waals surface area contributed by atoms with Gasteiger partial charge in [-0.15, -0.1) is 0 Å². The fourth-order valence-corrected chi connectivity index (χ4v) is 3.28. The summed E-state index contributed by atoms with van der Waals surface area (Å²) in [6, 6.07) is 15.2. The van der Waals surface area contributed by atoms with Crippen LogP contribution in [0.2, 0.25) is 0 Å². The van der Waals surface area contributed by atoms with Gasteiger partial charge in [0.25, 0.3) is 0 Å². The summed E-state index contributed by atoms with van der Waals surface area (Å²) >= 11 is 0. The van der Waals surface area contributed by atoms with E-state index >= 15 is 0 Å². The molecular weight excluding hydrogens is 272 g/mol. The predicted molar refractivity (Wildman–Crippen MR) is 90.0 cm³/mol. The predicted octanol–water partition coefficient (Wildman–Crippen LogP) is 3.81. The first kappa shape index (κ1) is 15.3. The van der Waals surface area contributed by atoms with Crippen LogP contribution >= 0.6 is 0 Å². The molecule has 2 aromatic rings. The van der Waals surface area contributed by atoms with E-state index in [9.17, 15) is 0 Å². The second kappa shape index (κ2) is 7.61. The Morgan fingerprint density at radius 2 is 1.82 bits per heavy atom. The average Bonchev–Trinajstić information content (AvgIpc) is 3.26. The molecule has 1 aromatic heterocycles. The Kier molecular flexibility index (Phi) is 5.30. The Balaban J connectivity index is 1.55. The Morgan fingerprint density at radius 1 is 1.05 bits per heavy atom. The van der Waals surface area contributed by atoms with Crippen LogP contribution in [0.1, 0.15) is 43.0 Å². The van der Waals surface area contributed by atoms with Gasteiger partial charge in [0, 0.05) is 13.1 Å². The van der Waals surface area contributed by atoms with Gasteiger partial charge >= 0.3 is 0 Å². The molecule has 1 aromatic carbocycles. The molecule has 0 radical (unpaired) electrons. The van der Waals surface area contributed by atoms with Gasteiger partial charge in [0.1, 0.15) is 5.76 Å². The summed E-state index contributed by atoms with van der Waals surface area (Å²) in [4.78, 5) is 2.54. The van der Waals surface area contributed by atoms with E-state index in [1.807, 2.05) is 6.07 Å². The van der Waals surface area contributed by atoms with Crippen molar-refractivity contribution >= 4 is 0 Å². The number of benzene rings is 1. The van der Waals surface area contributed by atoms with Crippen LogP contribution in [0, 0.1) is 0 Å². The Hall–Kier alpha value is -1.58. The van der Waals surface area contributed by atoms with E-state index in [1.54, 1.807) is 6.26 Å². The molecule has 0 saturated carbocycles. The summed E-state index contributed by atoms with van der Waals surface area (Å²) in [7, 11) is 0. The molecule has 0 bridgehead atoms. The van der Waals surface area contributed by atoms with Gasteiger partial charge in [0.05, 0.1) is 12.3 Å². The molecule has 118 valence electrons. The minimum Gasteiger partial charge on any atom is -0.468 e. The van der Waals surface area contributed by atoms with E-state index in [0.29, 0.717) is 12.0 Å². The van der Waals surface area contributed by atoms with Crippen LogP contribution in [0.5, 0.6) is 0 Å². The molecule has 3 rings (SSSR count). The summed E-state index contributed by atoms with van der Waals surface area (Å²) in [6.45, 7) is 6.59. The van der Waals surface area contributed by atoms with Crippen molar-refractivity contribution in [3.63, 3.8) is 0 Å². The largest absolute Gasteiger partial charge is 0.468 e. The van der Waals surface area contributed by atoms with Gasteiger partial charge < -0.3 is 9.73 Å². The number of likely N-dealkylation sites (tertiary alicyclic amines) is 1. The van der Waals surface area contributed by atoms with Gasteiger partial charge in [0.15, 0.2) is 0 Å².